The smallest absolute Gasteiger partial charge is 0.0983 e. The summed E-state index contributed by atoms with van der Waals surface area (Å²) < 4.78 is 2.05. The van der Waals surface area contributed by atoms with Crippen LogP contribution in [0.3, 0.4) is 0 Å². The molecule has 0 saturated carbocycles. The van der Waals surface area contributed by atoms with Crippen molar-refractivity contribution in [2.45, 2.75) is 39.4 Å². The van der Waals surface area contributed by atoms with E-state index in [1.165, 1.54) is 11.1 Å². The van der Waals surface area contributed by atoms with Crippen molar-refractivity contribution in [3.63, 3.8) is 0 Å². The van der Waals surface area contributed by atoms with Gasteiger partial charge in [-0.05, 0) is 29.5 Å². The third-order valence-electron chi connectivity index (χ3n) is 5.75. The van der Waals surface area contributed by atoms with Crippen molar-refractivity contribution in [3.8, 4) is 11.3 Å². The molecule has 2 aromatic heterocycles. The summed E-state index contributed by atoms with van der Waals surface area (Å²) in [5.74, 6) is 0. The SMILES string of the molecule is CC1(C)CN(Cc2cn(Cc3ccccc3)nc2-c2cccnc2)CCC1N. The highest BCUT2D eigenvalue weighted by Crippen LogP contribution is 2.30. The summed E-state index contributed by atoms with van der Waals surface area (Å²) in [6, 6.07) is 14.8. The van der Waals surface area contributed by atoms with Crippen LogP contribution in [0.15, 0.2) is 61.1 Å². The molecule has 5 nitrogen and oxygen atoms in total. The number of nitrogens with two attached hydrogens (primary N) is 1. The average Bonchev–Trinajstić information content (AvgIpc) is 3.08. The average molecular weight is 376 g/mol. The van der Waals surface area contributed by atoms with Gasteiger partial charge in [-0.1, -0.05) is 44.2 Å². The maximum absolute atomic E-state index is 6.33. The number of pyridine rings is 1. The number of rotatable bonds is 5. The lowest BCUT2D eigenvalue weighted by atomic mass is 9.79. The Balaban J connectivity index is 1.61. The van der Waals surface area contributed by atoms with Gasteiger partial charge >= 0.3 is 0 Å². The zero-order valence-electron chi connectivity index (χ0n) is 16.8. The third kappa shape index (κ3) is 4.16. The standard InChI is InChI=1S/C23H29N5/c1-23(2)17-27(12-10-21(23)24)15-20-16-28(14-18-7-4-3-5-8-18)26-22(20)19-9-6-11-25-13-19/h3-9,11,13,16,21H,10,12,14-15,17,24H2,1-2H3. The summed E-state index contributed by atoms with van der Waals surface area (Å²) in [7, 11) is 0. The normalized spacial score (nSPS) is 19.6. The minimum Gasteiger partial charge on any atom is -0.327 e. The Morgan fingerprint density at radius 1 is 1.11 bits per heavy atom. The van der Waals surface area contributed by atoms with Gasteiger partial charge in [-0.3, -0.25) is 14.6 Å². The number of hydrogen-bond donors (Lipinski definition) is 1. The van der Waals surface area contributed by atoms with Gasteiger partial charge in [0.1, 0.15) is 0 Å². The van der Waals surface area contributed by atoms with Gasteiger partial charge in [-0.25, -0.2) is 0 Å². The molecular weight excluding hydrogens is 346 g/mol. The van der Waals surface area contributed by atoms with Gasteiger partial charge in [0.2, 0.25) is 0 Å². The van der Waals surface area contributed by atoms with Crippen molar-refractivity contribution in [1.29, 1.82) is 0 Å². The Morgan fingerprint density at radius 3 is 2.64 bits per heavy atom. The molecule has 146 valence electrons. The number of hydrogen-bond acceptors (Lipinski definition) is 4. The molecule has 0 bridgehead atoms. The molecule has 3 heterocycles. The van der Waals surface area contributed by atoms with Gasteiger partial charge in [0, 0.05) is 55.4 Å². The molecule has 1 unspecified atom stereocenters. The number of benzene rings is 1. The summed E-state index contributed by atoms with van der Waals surface area (Å²) in [4.78, 5) is 6.80. The van der Waals surface area contributed by atoms with Crippen LogP contribution in [-0.2, 0) is 13.1 Å². The van der Waals surface area contributed by atoms with Crippen LogP contribution in [0, 0.1) is 5.41 Å². The zero-order valence-corrected chi connectivity index (χ0v) is 16.8. The first kappa shape index (κ1) is 18.8. The van der Waals surface area contributed by atoms with E-state index in [4.69, 9.17) is 10.8 Å². The second-order valence-electron chi connectivity index (χ2n) is 8.52. The second kappa shape index (κ2) is 7.86. The van der Waals surface area contributed by atoms with Crippen LogP contribution in [0.25, 0.3) is 11.3 Å². The van der Waals surface area contributed by atoms with Crippen molar-refractivity contribution >= 4 is 0 Å². The Hall–Kier alpha value is -2.50. The highest BCUT2D eigenvalue weighted by molar-refractivity contribution is 5.61. The van der Waals surface area contributed by atoms with Crippen molar-refractivity contribution < 1.29 is 0 Å². The van der Waals surface area contributed by atoms with E-state index in [2.05, 4.69) is 60.3 Å². The fraction of sp³-hybridized carbons (Fsp3) is 0.391. The molecule has 1 aromatic carbocycles. The van der Waals surface area contributed by atoms with Crippen LogP contribution in [-0.4, -0.2) is 38.8 Å². The fourth-order valence-electron chi connectivity index (χ4n) is 4.04. The summed E-state index contributed by atoms with van der Waals surface area (Å²) in [5.41, 5.74) is 11.0. The highest BCUT2D eigenvalue weighted by atomic mass is 15.3. The van der Waals surface area contributed by atoms with Crippen LogP contribution in [0.2, 0.25) is 0 Å². The van der Waals surface area contributed by atoms with E-state index >= 15 is 0 Å². The molecule has 2 N–H and O–H groups in total. The molecule has 5 heteroatoms. The van der Waals surface area contributed by atoms with Gasteiger partial charge in [0.05, 0.1) is 12.2 Å². The first-order chi connectivity index (χ1) is 13.5. The largest absolute Gasteiger partial charge is 0.327 e. The Kier molecular flexibility index (Phi) is 5.29. The highest BCUT2D eigenvalue weighted by Gasteiger charge is 2.33. The molecule has 1 saturated heterocycles. The quantitative estimate of drug-likeness (QED) is 0.741. The van der Waals surface area contributed by atoms with E-state index in [-0.39, 0.29) is 11.5 Å². The molecule has 0 radical (unpaired) electrons. The van der Waals surface area contributed by atoms with Gasteiger partial charge < -0.3 is 5.73 Å². The van der Waals surface area contributed by atoms with Crippen LogP contribution in [0.5, 0.6) is 0 Å². The van der Waals surface area contributed by atoms with E-state index < -0.39 is 0 Å². The minimum atomic E-state index is 0.132. The molecule has 0 spiro atoms. The van der Waals surface area contributed by atoms with Crippen LogP contribution >= 0.6 is 0 Å². The lowest BCUT2D eigenvalue weighted by molar-refractivity contribution is 0.0900. The molecule has 1 atom stereocenters. The molecule has 0 amide bonds. The monoisotopic (exact) mass is 375 g/mol. The van der Waals surface area contributed by atoms with E-state index in [1.54, 1.807) is 6.20 Å². The minimum absolute atomic E-state index is 0.132. The zero-order chi connectivity index (χ0) is 19.6. The Bertz CT molecular complexity index is 901. The summed E-state index contributed by atoms with van der Waals surface area (Å²) in [6.45, 7) is 8.22. The lowest BCUT2D eigenvalue weighted by Gasteiger charge is -2.42. The number of aromatic nitrogens is 3. The number of likely N-dealkylation sites (tertiary alicyclic amines) is 1. The summed E-state index contributed by atoms with van der Waals surface area (Å²) in [6.07, 6.45) is 6.93. The van der Waals surface area contributed by atoms with Crippen LogP contribution in [0.4, 0.5) is 0 Å². The number of piperidine rings is 1. The molecule has 1 aliphatic heterocycles. The van der Waals surface area contributed by atoms with Crippen molar-refractivity contribution in [1.82, 2.24) is 19.7 Å². The summed E-state index contributed by atoms with van der Waals surface area (Å²) >= 11 is 0. The predicted octanol–water partition coefficient (Wildman–Crippen LogP) is 3.55. The molecule has 0 aliphatic carbocycles. The molecule has 4 rings (SSSR count). The Morgan fingerprint density at radius 2 is 1.93 bits per heavy atom. The van der Waals surface area contributed by atoms with Crippen molar-refractivity contribution in [2.75, 3.05) is 13.1 Å². The van der Waals surface area contributed by atoms with Gasteiger partial charge in [-0.15, -0.1) is 0 Å². The van der Waals surface area contributed by atoms with Crippen molar-refractivity contribution in [3.05, 3.63) is 72.2 Å². The van der Waals surface area contributed by atoms with E-state index in [9.17, 15) is 0 Å². The van der Waals surface area contributed by atoms with Crippen LogP contribution in [0.1, 0.15) is 31.4 Å². The maximum Gasteiger partial charge on any atom is 0.0983 e. The van der Waals surface area contributed by atoms with E-state index in [0.29, 0.717) is 0 Å². The second-order valence-corrected chi connectivity index (χ2v) is 8.52. The summed E-state index contributed by atoms with van der Waals surface area (Å²) in [5, 5.41) is 4.92. The lowest BCUT2D eigenvalue weighted by Crippen LogP contribution is -2.52. The molecule has 1 fully saturated rings. The topological polar surface area (TPSA) is 60.0 Å². The third-order valence-corrected chi connectivity index (χ3v) is 5.75. The van der Waals surface area contributed by atoms with E-state index in [1.807, 2.05) is 23.0 Å². The fourth-order valence-corrected chi connectivity index (χ4v) is 4.04. The molecule has 28 heavy (non-hydrogen) atoms. The molecule has 1 aliphatic rings. The van der Waals surface area contributed by atoms with Crippen LogP contribution < -0.4 is 5.73 Å². The molecule has 3 aromatic rings. The Labute approximate surface area is 167 Å². The van der Waals surface area contributed by atoms with Gasteiger partial charge in [0.25, 0.3) is 0 Å². The van der Waals surface area contributed by atoms with Crippen molar-refractivity contribution in [2.24, 2.45) is 11.1 Å². The van der Waals surface area contributed by atoms with Gasteiger partial charge in [0.15, 0.2) is 0 Å². The number of nitrogens with zero attached hydrogens (tertiary/aromatic N) is 4. The van der Waals surface area contributed by atoms with E-state index in [0.717, 1.165) is 43.9 Å². The predicted molar refractivity (Wildman–Crippen MR) is 113 cm³/mol. The first-order valence-corrected chi connectivity index (χ1v) is 10.00. The maximum atomic E-state index is 6.33. The van der Waals surface area contributed by atoms with Gasteiger partial charge in [-0.2, -0.15) is 5.10 Å². The molecular formula is C23H29N5. The first-order valence-electron chi connectivity index (χ1n) is 10.00.